The van der Waals surface area contributed by atoms with Gasteiger partial charge in [-0.05, 0) is 38.4 Å². The smallest absolute Gasteiger partial charge is 0.0866 e. The summed E-state index contributed by atoms with van der Waals surface area (Å²) in [6.07, 6.45) is 2.56. The van der Waals surface area contributed by atoms with Gasteiger partial charge in [-0.2, -0.15) is 5.26 Å². The zero-order valence-corrected chi connectivity index (χ0v) is 8.42. The van der Waals surface area contributed by atoms with Crippen LogP contribution in [0, 0.1) is 17.2 Å². The zero-order valence-electron chi connectivity index (χ0n) is 8.42. The van der Waals surface area contributed by atoms with Crippen molar-refractivity contribution in [3.05, 3.63) is 0 Å². The predicted octanol–water partition coefficient (Wildman–Crippen LogP) is 0.831. The zero-order chi connectivity index (χ0) is 9.52. The van der Waals surface area contributed by atoms with Gasteiger partial charge in [0.2, 0.25) is 0 Å². The van der Waals surface area contributed by atoms with Crippen LogP contribution in [-0.2, 0) is 0 Å². The fraction of sp³-hybridized carbons (Fsp3) is 0.900. The van der Waals surface area contributed by atoms with Crippen molar-refractivity contribution in [3.63, 3.8) is 0 Å². The summed E-state index contributed by atoms with van der Waals surface area (Å²) in [6, 6.07) is 2.22. The fourth-order valence-electron chi connectivity index (χ4n) is 1.91. The largest absolute Gasteiger partial charge is 0.317 e. The van der Waals surface area contributed by atoms with Crippen LogP contribution in [0.1, 0.15) is 19.8 Å². The first-order valence-corrected chi connectivity index (χ1v) is 5.16. The Morgan fingerprint density at radius 3 is 3.15 bits per heavy atom. The Labute approximate surface area is 80.7 Å². The highest BCUT2D eigenvalue weighted by atomic mass is 15.1. The molecule has 13 heavy (non-hydrogen) atoms. The number of nitrogens with one attached hydrogen (secondary N) is 1. The standard InChI is InChI=1S/C10H19N3/c1-2-12-8-10-4-3-6-13(9-10)7-5-11/h10,12H,2-4,6-9H2,1H3. The third-order valence-electron chi connectivity index (χ3n) is 2.58. The number of hydrogen-bond donors (Lipinski definition) is 1. The molecule has 1 aliphatic rings. The summed E-state index contributed by atoms with van der Waals surface area (Å²) in [4.78, 5) is 2.26. The maximum absolute atomic E-state index is 8.57. The molecule has 0 spiro atoms. The average Bonchev–Trinajstić information content (AvgIpc) is 2.16. The summed E-state index contributed by atoms with van der Waals surface area (Å²) in [5.41, 5.74) is 0. The number of likely N-dealkylation sites (tertiary alicyclic amines) is 1. The molecule has 0 amide bonds. The summed E-state index contributed by atoms with van der Waals surface area (Å²) < 4.78 is 0. The van der Waals surface area contributed by atoms with Gasteiger partial charge in [-0.15, -0.1) is 0 Å². The molecule has 1 N–H and O–H groups in total. The van der Waals surface area contributed by atoms with E-state index in [2.05, 4.69) is 23.2 Å². The minimum Gasteiger partial charge on any atom is -0.317 e. The van der Waals surface area contributed by atoms with Crippen LogP contribution in [0.3, 0.4) is 0 Å². The van der Waals surface area contributed by atoms with Gasteiger partial charge in [0, 0.05) is 6.54 Å². The van der Waals surface area contributed by atoms with Crippen LogP contribution < -0.4 is 5.32 Å². The van der Waals surface area contributed by atoms with Crippen molar-refractivity contribution in [1.29, 1.82) is 5.26 Å². The minimum absolute atomic E-state index is 0.600. The first-order valence-electron chi connectivity index (χ1n) is 5.16. The Kier molecular flexibility index (Phi) is 4.81. The van der Waals surface area contributed by atoms with Crippen molar-refractivity contribution in [2.45, 2.75) is 19.8 Å². The Hall–Kier alpha value is -0.590. The molecule has 3 heteroatoms. The SMILES string of the molecule is CCNCC1CCCN(CC#N)C1. The van der Waals surface area contributed by atoms with Crippen LogP contribution in [0.15, 0.2) is 0 Å². The van der Waals surface area contributed by atoms with E-state index in [1.807, 2.05) is 0 Å². The van der Waals surface area contributed by atoms with Crippen molar-refractivity contribution in [1.82, 2.24) is 10.2 Å². The van der Waals surface area contributed by atoms with Gasteiger partial charge in [0.05, 0.1) is 12.6 Å². The van der Waals surface area contributed by atoms with Gasteiger partial charge in [0.25, 0.3) is 0 Å². The molecule has 1 fully saturated rings. The summed E-state index contributed by atoms with van der Waals surface area (Å²) in [5.74, 6) is 0.752. The van der Waals surface area contributed by atoms with E-state index < -0.39 is 0 Å². The summed E-state index contributed by atoms with van der Waals surface area (Å²) in [5, 5.41) is 11.9. The summed E-state index contributed by atoms with van der Waals surface area (Å²) >= 11 is 0. The summed E-state index contributed by atoms with van der Waals surface area (Å²) in [6.45, 7) is 7.10. The van der Waals surface area contributed by atoms with Crippen molar-refractivity contribution in [2.24, 2.45) is 5.92 Å². The molecule has 1 saturated heterocycles. The lowest BCUT2D eigenvalue weighted by Crippen LogP contribution is -2.39. The van der Waals surface area contributed by atoms with E-state index in [1.54, 1.807) is 0 Å². The first-order chi connectivity index (χ1) is 6.36. The van der Waals surface area contributed by atoms with Gasteiger partial charge in [-0.25, -0.2) is 0 Å². The number of hydrogen-bond acceptors (Lipinski definition) is 3. The number of nitrogens with zero attached hydrogens (tertiary/aromatic N) is 2. The van der Waals surface area contributed by atoms with Crippen LogP contribution >= 0.6 is 0 Å². The van der Waals surface area contributed by atoms with Crippen molar-refractivity contribution in [2.75, 3.05) is 32.7 Å². The highest BCUT2D eigenvalue weighted by Gasteiger charge is 2.18. The monoisotopic (exact) mass is 181 g/mol. The van der Waals surface area contributed by atoms with Crippen LogP contribution in [0.2, 0.25) is 0 Å². The van der Waals surface area contributed by atoms with E-state index in [0.29, 0.717) is 6.54 Å². The summed E-state index contributed by atoms with van der Waals surface area (Å²) in [7, 11) is 0. The normalized spacial score (nSPS) is 24.2. The molecule has 1 aliphatic heterocycles. The Balaban J connectivity index is 2.21. The van der Waals surface area contributed by atoms with Crippen molar-refractivity contribution < 1.29 is 0 Å². The van der Waals surface area contributed by atoms with Gasteiger partial charge in [0.15, 0.2) is 0 Å². The fourth-order valence-corrected chi connectivity index (χ4v) is 1.91. The molecule has 1 heterocycles. The quantitative estimate of drug-likeness (QED) is 0.653. The van der Waals surface area contributed by atoms with Crippen LogP contribution in [0.5, 0.6) is 0 Å². The Morgan fingerprint density at radius 2 is 2.46 bits per heavy atom. The van der Waals surface area contributed by atoms with E-state index in [9.17, 15) is 0 Å². The molecule has 0 aromatic carbocycles. The molecular weight excluding hydrogens is 162 g/mol. The lowest BCUT2D eigenvalue weighted by Gasteiger charge is -2.30. The molecule has 0 aliphatic carbocycles. The number of nitriles is 1. The van der Waals surface area contributed by atoms with Gasteiger partial charge in [0.1, 0.15) is 0 Å². The molecule has 1 rings (SSSR count). The predicted molar refractivity (Wildman–Crippen MR) is 53.3 cm³/mol. The number of rotatable bonds is 4. The highest BCUT2D eigenvalue weighted by molar-refractivity contribution is 4.81. The maximum Gasteiger partial charge on any atom is 0.0866 e. The van der Waals surface area contributed by atoms with E-state index in [-0.39, 0.29) is 0 Å². The average molecular weight is 181 g/mol. The third-order valence-corrected chi connectivity index (χ3v) is 2.58. The topological polar surface area (TPSA) is 39.1 Å². The van der Waals surface area contributed by atoms with Crippen LogP contribution in [0.4, 0.5) is 0 Å². The van der Waals surface area contributed by atoms with E-state index in [4.69, 9.17) is 5.26 Å². The van der Waals surface area contributed by atoms with Gasteiger partial charge in [-0.3, -0.25) is 4.90 Å². The lowest BCUT2D eigenvalue weighted by atomic mass is 9.98. The molecule has 74 valence electrons. The van der Waals surface area contributed by atoms with Crippen LogP contribution in [0.25, 0.3) is 0 Å². The van der Waals surface area contributed by atoms with Crippen LogP contribution in [-0.4, -0.2) is 37.6 Å². The second kappa shape index (κ2) is 5.95. The molecule has 0 bridgehead atoms. The first kappa shape index (κ1) is 10.5. The highest BCUT2D eigenvalue weighted by Crippen LogP contribution is 2.14. The molecule has 0 aromatic rings. The van der Waals surface area contributed by atoms with Gasteiger partial charge in [-0.1, -0.05) is 6.92 Å². The van der Waals surface area contributed by atoms with E-state index in [1.165, 1.54) is 12.8 Å². The minimum atomic E-state index is 0.600. The molecule has 3 nitrogen and oxygen atoms in total. The van der Waals surface area contributed by atoms with Gasteiger partial charge < -0.3 is 5.32 Å². The molecular formula is C10H19N3. The van der Waals surface area contributed by atoms with Gasteiger partial charge >= 0.3 is 0 Å². The van der Waals surface area contributed by atoms with Crippen molar-refractivity contribution in [3.8, 4) is 6.07 Å². The molecule has 0 saturated carbocycles. The Morgan fingerprint density at radius 1 is 1.62 bits per heavy atom. The third kappa shape index (κ3) is 3.75. The number of piperidine rings is 1. The molecule has 1 unspecified atom stereocenters. The maximum atomic E-state index is 8.57. The van der Waals surface area contributed by atoms with Crippen molar-refractivity contribution >= 4 is 0 Å². The second-order valence-electron chi connectivity index (χ2n) is 3.71. The van der Waals surface area contributed by atoms with E-state index in [0.717, 1.165) is 32.1 Å². The molecule has 0 radical (unpaired) electrons. The lowest BCUT2D eigenvalue weighted by molar-refractivity contribution is 0.190. The Bertz CT molecular complexity index is 173. The molecule has 0 aromatic heterocycles. The van der Waals surface area contributed by atoms with E-state index >= 15 is 0 Å². The second-order valence-corrected chi connectivity index (χ2v) is 3.71. The molecule has 1 atom stereocenters.